The summed E-state index contributed by atoms with van der Waals surface area (Å²) in [6.45, 7) is 2.43. The van der Waals surface area contributed by atoms with Crippen molar-refractivity contribution < 1.29 is 14.3 Å². The van der Waals surface area contributed by atoms with Gasteiger partial charge in [-0.3, -0.25) is 4.90 Å². The molecule has 1 aliphatic heterocycles. The standard InChI is InChI=1S/C16H15N5O3/c22-16(23)14-12(24-15(19-14)11-4-2-1-3-5-11)8-20-6-7-21-13(9-20)17-10-18-21/h1-5,10H,6-9H2,(H,22,23). The predicted octanol–water partition coefficient (Wildman–Crippen LogP) is 1.65. The molecule has 122 valence electrons. The first-order valence-electron chi connectivity index (χ1n) is 7.58. The van der Waals surface area contributed by atoms with E-state index in [4.69, 9.17) is 4.42 Å². The van der Waals surface area contributed by atoms with Crippen LogP contribution in [0.4, 0.5) is 0 Å². The van der Waals surface area contributed by atoms with Gasteiger partial charge in [0, 0.05) is 12.1 Å². The summed E-state index contributed by atoms with van der Waals surface area (Å²) in [4.78, 5) is 21.9. The average molecular weight is 325 g/mol. The number of nitrogens with zero attached hydrogens (tertiary/aromatic N) is 5. The number of oxazole rings is 1. The first-order valence-corrected chi connectivity index (χ1v) is 7.58. The molecule has 0 saturated heterocycles. The Morgan fingerprint density at radius 2 is 2.08 bits per heavy atom. The number of aromatic nitrogens is 4. The molecule has 24 heavy (non-hydrogen) atoms. The number of fused-ring (bicyclic) bond motifs is 1. The van der Waals surface area contributed by atoms with Crippen molar-refractivity contribution >= 4 is 5.97 Å². The molecule has 3 aromatic rings. The van der Waals surface area contributed by atoms with Gasteiger partial charge >= 0.3 is 5.97 Å². The second kappa shape index (κ2) is 5.89. The Morgan fingerprint density at radius 1 is 1.25 bits per heavy atom. The van der Waals surface area contributed by atoms with Crippen LogP contribution in [0.15, 0.2) is 41.1 Å². The van der Waals surface area contributed by atoms with Crippen LogP contribution in [0, 0.1) is 0 Å². The highest BCUT2D eigenvalue weighted by atomic mass is 16.4. The highest BCUT2D eigenvalue weighted by Gasteiger charge is 2.25. The van der Waals surface area contributed by atoms with Gasteiger partial charge in [-0.25, -0.2) is 19.4 Å². The maximum Gasteiger partial charge on any atom is 0.358 e. The first-order chi connectivity index (χ1) is 11.7. The maximum absolute atomic E-state index is 11.5. The lowest BCUT2D eigenvalue weighted by molar-refractivity contribution is 0.0686. The Morgan fingerprint density at radius 3 is 2.88 bits per heavy atom. The fourth-order valence-corrected chi connectivity index (χ4v) is 2.78. The summed E-state index contributed by atoms with van der Waals surface area (Å²) in [6.07, 6.45) is 1.53. The van der Waals surface area contributed by atoms with Gasteiger partial charge in [0.05, 0.1) is 19.6 Å². The molecule has 1 aromatic carbocycles. The van der Waals surface area contributed by atoms with E-state index in [1.165, 1.54) is 6.33 Å². The number of hydrogen-bond acceptors (Lipinski definition) is 6. The lowest BCUT2D eigenvalue weighted by Gasteiger charge is -2.25. The van der Waals surface area contributed by atoms with E-state index in [1.54, 1.807) is 0 Å². The number of carbonyl (C=O) groups is 1. The minimum atomic E-state index is -1.09. The zero-order chi connectivity index (χ0) is 16.5. The van der Waals surface area contributed by atoms with Crippen molar-refractivity contribution in [3.8, 4) is 11.5 Å². The topological polar surface area (TPSA) is 97.3 Å². The van der Waals surface area contributed by atoms with Crippen LogP contribution >= 0.6 is 0 Å². The monoisotopic (exact) mass is 325 g/mol. The SMILES string of the molecule is O=C(O)c1nc(-c2ccccc2)oc1CN1CCn2ncnc2C1. The van der Waals surface area contributed by atoms with E-state index in [1.807, 2.05) is 35.0 Å². The van der Waals surface area contributed by atoms with E-state index in [9.17, 15) is 9.90 Å². The molecule has 0 spiro atoms. The van der Waals surface area contributed by atoms with Crippen LogP contribution < -0.4 is 0 Å². The molecule has 0 aliphatic carbocycles. The van der Waals surface area contributed by atoms with E-state index in [0.717, 1.165) is 24.5 Å². The molecule has 0 bridgehead atoms. The van der Waals surface area contributed by atoms with Crippen LogP contribution in [0.3, 0.4) is 0 Å². The van der Waals surface area contributed by atoms with Crippen molar-refractivity contribution in [3.05, 3.63) is 53.9 Å². The normalized spacial score (nSPS) is 14.5. The Labute approximate surface area is 137 Å². The van der Waals surface area contributed by atoms with Gasteiger partial charge in [0.1, 0.15) is 12.2 Å². The highest BCUT2D eigenvalue weighted by Crippen LogP contribution is 2.24. The Kier molecular flexibility index (Phi) is 3.58. The van der Waals surface area contributed by atoms with E-state index in [0.29, 0.717) is 24.7 Å². The minimum absolute atomic E-state index is 0.0408. The van der Waals surface area contributed by atoms with Crippen LogP contribution in [-0.2, 0) is 19.6 Å². The Balaban J connectivity index is 1.61. The van der Waals surface area contributed by atoms with Gasteiger partial charge in [0.15, 0.2) is 11.5 Å². The number of rotatable bonds is 4. The Hall–Kier alpha value is -3.00. The van der Waals surface area contributed by atoms with Crippen LogP contribution in [0.5, 0.6) is 0 Å². The highest BCUT2D eigenvalue weighted by molar-refractivity contribution is 5.87. The van der Waals surface area contributed by atoms with Crippen LogP contribution in [0.25, 0.3) is 11.5 Å². The van der Waals surface area contributed by atoms with Gasteiger partial charge in [-0.15, -0.1) is 0 Å². The van der Waals surface area contributed by atoms with Gasteiger partial charge in [-0.2, -0.15) is 5.10 Å². The van der Waals surface area contributed by atoms with Crippen molar-refractivity contribution in [3.63, 3.8) is 0 Å². The van der Waals surface area contributed by atoms with Gasteiger partial charge in [-0.1, -0.05) is 18.2 Å². The van der Waals surface area contributed by atoms with E-state index in [2.05, 4.69) is 20.0 Å². The molecule has 0 amide bonds. The van der Waals surface area contributed by atoms with Crippen molar-refractivity contribution in [2.45, 2.75) is 19.6 Å². The van der Waals surface area contributed by atoms with E-state index in [-0.39, 0.29) is 5.69 Å². The number of carboxylic acids is 1. The summed E-state index contributed by atoms with van der Waals surface area (Å²) in [7, 11) is 0. The number of hydrogen-bond donors (Lipinski definition) is 1. The summed E-state index contributed by atoms with van der Waals surface area (Å²) >= 11 is 0. The molecule has 3 heterocycles. The molecule has 0 unspecified atom stereocenters. The molecule has 1 aliphatic rings. The summed E-state index contributed by atoms with van der Waals surface area (Å²) in [5.74, 6) is 0.453. The summed E-state index contributed by atoms with van der Waals surface area (Å²) in [5, 5.41) is 13.5. The van der Waals surface area contributed by atoms with Gasteiger partial charge in [-0.05, 0) is 12.1 Å². The van der Waals surface area contributed by atoms with E-state index >= 15 is 0 Å². The fraction of sp³-hybridized carbons (Fsp3) is 0.250. The van der Waals surface area contributed by atoms with Gasteiger partial charge in [0.2, 0.25) is 5.89 Å². The molecule has 0 atom stereocenters. The minimum Gasteiger partial charge on any atom is -0.476 e. The molecule has 4 rings (SSSR count). The summed E-state index contributed by atoms with van der Waals surface area (Å²) in [6, 6.07) is 9.28. The largest absolute Gasteiger partial charge is 0.476 e. The van der Waals surface area contributed by atoms with Crippen molar-refractivity contribution in [2.75, 3.05) is 6.54 Å². The lowest BCUT2D eigenvalue weighted by atomic mass is 10.2. The number of carboxylic acid groups (broad SMARTS) is 1. The molecular formula is C16H15N5O3. The molecule has 8 heteroatoms. The maximum atomic E-state index is 11.5. The summed E-state index contributed by atoms with van der Waals surface area (Å²) in [5.41, 5.74) is 0.713. The van der Waals surface area contributed by atoms with Crippen LogP contribution in [0.1, 0.15) is 22.1 Å². The van der Waals surface area contributed by atoms with Crippen LogP contribution in [-0.4, -0.2) is 42.3 Å². The second-order valence-corrected chi connectivity index (χ2v) is 5.57. The lowest BCUT2D eigenvalue weighted by Crippen LogP contribution is -2.34. The zero-order valence-electron chi connectivity index (χ0n) is 12.8. The molecule has 0 fully saturated rings. The molecule has 0 saturated carbocycles. The van der Waals surface area contributed by atoms with E-state index < -0.39 is 5.97 Å². The number of aromatic carboxylic acids is 1. The fourth-order valence-electron chi connectivity index (χ4n) is 2.78. The quantitative estimate of drug-likeness (QED) is 0.779. The number of benzene rings is 1. The van der Waals surface area contributed by atoms with Crippen LogP contribution in [0.2, 0.25) is 0 Å². The summed E-state index contributed by atoms with van der Waals surface area (Å²) < 4.78 is 7.61. The smallest absolute Gasteiger partial charge is 0.358 e. The third-order valence-electron chi connectivity index (χ3n) is 3.98. The third-order valence-corrected chi connectivity index (χ3v) is 3.98. The van der Waals surface area contributed by atoms with Crippen molar-refractivity contribution in [1.82, 2.24) is 24.6 Å². The van der Waals surface area contributed by atoms with Gasteiger partial charge < -0.3 is 9.52 Å². The molecule has 1 N–H and O–H groups in total. The molecule has 0 radical (unpaired) electrons. The first kappa shape index (κ1) is 14.6. The zero-order valence-corrected chi connectivity index (χ0v) is 12.8. The third kappa shape index (κ3) is 2.67. The predicted molar refractivity (Wildman–Crippen MR) is 83.0 cm³/mol. The Bertz CT molecular complexity index is 871. The molecule has 8 nitrogen and oxygen atoms in total. The van der Waals surface area contributed by atoms with Crippen molar-refractivity contribution in [1.29, 1.82) is 0 Å². The molecule has 2 aromatic heterocycles. The van der Waals surface area contributed by atoms with Gasteiger partial charge in [0.25, 0.3) is 0 Å². The average Bonchev–Trinajstić information content (AvgIpc) is 3.22. The molecular weight excluding hydrogens is 310 g/mol. The second-order valence-electron chi connectivity index (χ2n) is 5.57. The van der Waals surface area contributed by atoms with Crippen molar-refractivity contribution in [2.24, 2.45) is 0 Å².